The molecule has 1 aromatic rings. The fourth-order valence-electron chi connectivity index (χ4n) is 1.40. The van der Waals surface area contributed by atoms with Crippen molar-refractivity contribution in [2.24, 2.45) is 5.92 Å². The topological polar surface area (TPSA) is 60.2 Å². The van der Waals surface area contributed by atoms with E-state index in [0.717, 1.165) is 0 Å². The first-order valence-corrected chi connectivity index (χ1v) is 7.36. The van der Waals surface area contributed by atoms with Crippen LogP contribution in [0.1, 0.15) is 25.8 Å². The summed E-state index contributed by atoms with van der Waals surface area (Å²) in [7, 11) is -3.17. The van der Waals surface area contributed by atoms with Gasteiger partial charge in [0.1, 0.15) is 5.82 Å². The molecule has 0 fully saturated rings. The molecular weight excluding hydrogens is 241 g/mol. The number of benzene rings is 1. The van der Waals surface area contributed by atoms with E-state index in [1.54, 1.807) is 6.07 Å². The van der Waals surface area contributed by atoms with E-state index in [1.807, 2.05) is 13.8 Å². The van der Waals surface area contributed by atoms with Gasteiger partial charge in [0.15, 0.2) is 9.84 Å². The zero-order valence-corrected chi connectivity index (χ0v) is 10.9. The quantitative estimate of drug-likeness (QED) is 0.826. The standard InChI is InChI=1S/C12H18FNO2S/c1-9(2)5-6-17(15,16)8-10-3-4-12(14)11(13)7-10/h3-4,7,9H,5-6,8,14H2,1-2H3. The lowest BCUT2D eigenvalue weighted by atomic mass is 10.2. The van der Waals surface area contributed by atoms with Crippen LogP contribution in [0.3, 0.4) is 0 Å². The summed E-state index contributed by atoms with van der Waals surface area (Å²) in [5, 5.41) is 0. The van der Waals surface area contributed by atoms with Crippen LogP contribution in [-0.2, 0) is 15.6 Å². The largest absolute Gasteiger partial charge is 0.396 e. The first-order chi connectivity index (χ1) is 7.80. The first-order valence-electron chi connectivity index (χ1n) is 5.54. The van der Waals surface area contributed by atoms with Crippen molar-refractivity contribution in [2.45, 2.75) is 26.0 Å². The Morgan fingerprint density at radius 3 is 2.53 bits per heavy atom. The van der Waals surface area contributed by atoms with Gasteiger partial charge in [-0.2, -0.15) is 0 Å². The van der Waals surface area contributed by atoms with E-state index in [-0.39, 0.29) is 17.2 Å². The predicted octanol–water partition coefficient (Wildman–Crippen LogP) is 2.37. The van der Waals surface area contributed by atoms with Crippen LogP contribution in [0.2, 0.25) is 0 Å². The predicted molar refractivity (Wildman–Crippen MR) is 67.8 cm³/mol. The number of anilines is 1. The molecule has 5 heteroatoms. The number of nitrogens with two attached hydrogens (primary N) is 1. The molecule has 0 unspecified atom stereocenters. The highest BCUT2D eigenvalue weighted by Gasteiger charge is 2.13. The van der Waals surface area contributed by atoms with Gasteiger partial charge in [-0.15, -0.1) is 0 Å². The molecule has 0 atom stereocenters. The molecule has 0 saturated heterocycles. The van der Waals surface area contributed by atoms with Crippen LogP contribution in [-0.4, -0.2) is 14.2 Å². The minimum atomic E-state index is -3.17. The van der Waals surface area contributed by atoms with E-state index < -0.39 is 15.7 Å². The Kier molecular flexibility index (Phi) is 4.51. The van der Waals surface area contributed by atoms with Crippen LogP contribution in [0.15, 0.2) is 18.2 Å². The zero-order valence-electron chi connectivity index (χ0n) is 10.1. The van der Waals surface area contributed by atoms with E-state index in [0.29, 0.717) is 17.9 Å². The van der Waals surface area contributed by atoms with Gasteiger partial charge in [-0.1, -0.05) is 19.9 Å². The second-order valence-corrected chi connectivity index (χ2v) is 6.81. The molecule has 0 aliphatic carbocycles. The van der Waals surface area contributed by atoms with Crippen molar-refractivity contribution >= 4 is 15.5 Å². The third-order valence-electron chi connectivity index (χ3n) is 2.46. The average molecular weight is 259 g/mol. The molecular formula is C12H18FNO2S. The van der Waals surface area contributed by atoms with Crippen molar-refractivity contribution in [3.8, 4) is 0 Å². The Balaban J connectivity index is 2.73. The van der Waals surface area contributed by atoms with Crippen molar-refractivity contribution in [1.29, 1.82) is 0 Å². The number of halogens is 1. The van der Waals surface area contributed by atoms with Crippen LogP contribution >= 0.6 is 0 Å². The first kappa shape index (κ1) is 14.0. The van der Waals surface area contributed by atoms with Crippen molar-refractivity contribution in [1.82, 2.24) is 0 Å². The smallest absolute Gasteiger partial charge is 0.154 e. The second-order valence-electron chi connectivity index (χ2n) is 4.63. The summed E-state index contributed by atoms with van der Waals surface area (Å²) >= 11 is 0. The summed E-state index contributed by atoms with van der Waals surface area (Å²) in [5.74, 6) is -0.220. The van der Waals surface area contributed by atoms with Crippen LogP contribution in [0, 0.1) is 11.7 Å². The number of sulfone groups is 1. The summed E-state index contributed by atoms with van der Waals surface area (Å²) in [5.41, 5.74) is 5.81. The van der Waals surface area contributed by atoms with Gasteiger partial charge >= 0.3 is 0 Å². The zero-order chi connectivity index (χ0) is 13.1. The molecule has 0 aliphatic rings. The Morgan fingerprint density at radius 1 is 1.35 bits per heavy atom. The van der Waals surface area contributed by atoms with Crippen molar-refractivity contribution < 1.29 is 12.8 Å². The van der Waals surface area contributed by atoms with E-state index in [4.69, 9.17) is 5.73 Å². The lowest BCUT2D eigenvalue weighted by Crippen LogP contribution is -2.11. The van der Waals surface area contributed by atoms with Gasteiger partial charge in [0.05, 0.1) is 17.2 Å². The van der Waals surface area contributed by atoms with Gasteiger partial charge in [-0.25, -0.2) is 12.8 Å². The molecule has 0 amide bonds. The molecule has 0 spiro atoms. The molecule has 0 bridgehead atoms. The van der Waals surface area contributed by atoms with Gasteiger partial charge in [0, 0.05) is 0 Å². The van der Waals surface area contributed by atoms with Gasteiger partial charge in [0.2, 0.25) is 0 Å². The lowest BCUT2D eigenvalue weighted by molar-refractivity contribution is 0.572. The monoisotopic (exact) mass is 259 g/mol. The van der Waals surface area contributed by atoms with Gasteiger partial charge in [0.25, 0.3) is 0 Å². The Morgan fingerprint density at radius 2 is 2.00 bits per heavy atom. The SMILES string of the molecule is CC(C)CCS(=O)(=O)Cc1ccc(N)c(F)c1. The van der Waals surface area contributed by atoms with Crippen LogP contribution in [0.4, 0.5) is 10.1 Å². The van der Waals surface area contributed by atoms with Gasteiger partial charge < -0.3 is 5.73 Å². The minimum absolute atomic E-state index is 0.0355. The normalized spacial score (nSPS) is 12.0. The highest BCUT2D eigenvalue weighted by molar-refractivity contribution is 7.90. The fraction of sp³-hybridized carbons (Fsp3) is 0.500. The molecule has 0 aromatic heterocycles. The lowest BCUT2D eigenvalue weighted by Gasteiger charge is -2.07. The number of hydrogen-bond acceptors (Lipinski definition) is 3. The fourth-order valence-corrected chi connectivity index (χ4v) is 3.06. The maximum Gasteiger partial charge on any atom is 0.154 e. The third-order valence-corrected chi connectivity index (χ3v) is 4.09. The maximum absolute atomic E-state index is 13.1. The van der Waals surface area contributed by atoms with Crippen molar-refractivity contribution in [3.05, 3.63) is 29.6 Å². The summed E-state index contributed by atoms with van der Waals surface area (Å²) in [6.07, 6.45) is 0.625. The summed E-state index contributed by atoms with van der Waals surface area (Å²) in [6, 6.07) is 4.12. The second kappa shape index (κ2) is 5.49. The third kappa shape index (κ3) is 4.73. The average Bonchev–Trinajstić information content (AvgIpc) is 2.21. The van der Waals surface area contributed by atoms with Gasteiger partial charge in [-0.3, -0.25) is 0 Å². The molecule has 96 valence electrons. The molecule has 1 rings (SSSR count). The maximum atomic E-state index is 13.1. The Labute approximate surface area is 102 Å². The van der Waals surface area contributed by atoms with Crippen LogP contribution in [0.5, 0.6) is 0 Å². The number of nitrogen functional groups attached to an aromatic ring is 1. The molecule has 3 nitrogen and oxygen atoms in total. The Bertz CT molecular complexity index is 483. The molecule has 0 radical (unpaired) electrons. The van der Waals surface area contributed by atoms with Crippen LogP contribution in [0.25, 0.3) is 0 Å². The van der Waals surface area contributed by atoms with E-state index in [9.17, 15) is 12.8 Å². The molecule has 2 N–H and O–H groups in total. The van der Waals surface area contributed by atoms with Crippen molar-refractivity contribution in [3.63, 3.8) is 0 Å². The van der Waals surface area contributed by atoms with Gasteiger partial charge in [-0.05, 0) is 30.0 Å². The highest BCUT2D eigenvalue weighted by Crippen LogP contribution is 2.15. The van der Waals surface area contributed by atoms with Crippen molar-refractivity contribution in [2.75, 3.05) is 11.5 Å². The molecule has 0 saturated carbocycles. The number of rotatable bonds is 5. The molecule has 0 aliphatic heterocycles. The van der Waals surface area contributed by atoms with E-state index in [2.05, 4.69) is 0 Å². The van der Waals surface area contributed by atoms with E-state index in [1.165, 1.54) is 12.1 Å². The molecule has 0 heterocycles. The molecule has 17 heavy (non-hydrogen) atoms. The van der Waals surface area contributed by atoms with E-state index >= 15 is 0 Å². The highest BCUT2D eigenvalue weighted by atomic mass is 32.2. The number of hydrogen-bond donors (Lipinski definition) is 1. The summed E-state index contributed by atoms with van der Waals surface area (Å²) in [4.78, 5) is 0. The minimum Gasteiger partial charge on any atom is -0.396 e. The van der Waals surface area contributed by atoms with Crippen LogP contribution < -0.4 is 5.73 Å². The summed E-state index contributed by atoms with van der Waals surface area (Å²) in [6.45, 7) is 3.94. The Hall–Kier alpha value is -1.10. The summed E-state index contributed by atoms with van der Waals surface area (Å²) < 4.78 is 36.6. The molecule has 1 aromatic carbocycles.